The van der Waals surface area contributed by atoms with E-state index in [4.69, 9.17) is 0 Å². The highest BCUT2D eigenvalue weighted by Gasteiger charge is 2.52. The molecule has 1 aromatic carbocycles. The molecule has 1 N–H and O–H groups in total. The Morgan fingerprint density at radius 3 is 3.12 bits per heavy atom. The number of nitrogens with zero attached hydrogens (tertiary/aromatic N) is 2. The highest BCUT2D eigenvalue weighted by Crippen LogP contribution is 2.47. The molecule has 2 aliphatic rings. The largest absolute Gasteiger partial charge is 0.324 e. The summed E-state index contributed by atoms with van der Waals surface area (Å²) in [5.74, 6) is 0.647. The van der Waals surface area contributed by atoms with Crippen molar-refractivity contribution in [3.05, 3.63) is 18.2 Å². The van der Waals surface area contributed by atoms with Crippen LogP contribution in [0, 0.1) is 0 Å². The van der Waals surface area contributed by atoms with Crippen molar-refractivity contribution >= 4 is 62.6 Å². The maximum atomic E-state index is 12.7. The Kier molecular flexibility index (Phi) is 4.01. The van der Waals surface area contributed by atoms with Gasteiger partial charge in [0.05, 0.1) is 15.1 Å². The van der Waals surface area contributed by atoms with E-state index in [9.17, 15) is 9.59 Å². The van der Waals surface area contributed by atoms with Gasteiger partial charge in [-0.2, -0.15) is 0 Å². The van der Waals surface area contributed by atoms with Gasteiger partial charge in [-0.1, -0.05) is 11.8 Å². The van der Waals surface area contributed by atoms with Gasteiger partial charge in [0.1, 0.15) is 6.04 Å². The molecule has 24 heavy (non-hydrogen) atoms. The number of aromatic nitrogens is 1. The van der Waals surface area contributed by atoms with Crippen LogP contribution in [-0.2, 0) is 9.59 Å². The standard InChI is InChI=1S/C16H17N3O2S3/c1-16-6-5-13(20)19(16)11(8-23-16)14(21)17-9-3-4-10-12(7-9)24-15(18-10)22-2/h3-4,7,11H,5-6,8H2,1-2H3,(H,17,21)/t11-,16+/m1/s1. The fourth-order valence-corrected chi connectivity index (χ4v) is 6.27. The van der Waals surface area contributed by atoms with Crippen LogP contribution in [0.15, 0.2) is 22.5 Å². The van der Waals surface area contributed by atoms with E-state index in [-0.39, 0.29) is 22.7 Å². The minimum atomic E-state index is -0.381. The molecule has 2 fully saturated rings. The number of carbonyl (C=O) groups excluding carboxylic acids is 2. The van der Waals surface area contributed by atoms with E-state index in [1.165, 1.54) is 0 Å². The van der Waals surface area contributed by atoms with Crippen LogP contribution in [-0.4, -0.2) is 44.6 Å². The van der Waals surface area contributed by atoms with E-state index in [1.807, 2.05) is 24.5 Å². The van der Waals surface area contributed by atoms with E-state index in [2.05, 4.69) is 17.2 Å². The first-order valence-corrected chi connectivity index (χ1v) is 10.7. The van der Waals surface area contributed by atoms with Crippen LogP contribution in [0.3, 0.4) is 0 Å². The lowest BCUT2D eigenvalue weighted by atomic mass is 10.2. The van der Waals surface area contributed by atoms with Crippen molar-refractivity contribution in [1.82, 2.24) is 9.88 Å². The molecule has 0 aliphatic carbocycles. The lowest BCUT2D eigenvalue weighted by Crippen LogP contribution is -2.48. The highest BCUT2D eigenvalue weighted by atomic mass is 32.2. The molecule has 2 aromatic rings. The molecule has 0 unspecified atom stereocenters. The smallest absolute Gasteiger partial charge is 0.248 e. The molecule has 1 aromatic heterocycles. The van der Waals surface area contributed by atoms with Crippen LogP contribution >= 0.6 is 34.9 Å². The van der Waals surface area contributed by atoms with Crippen molar-refractivity contribution in [2.75, 3.05) is 17.3 Å². The van der Waals surface area contributed by atoms with Gasteiger partial charge in [0.15, 0.2) is 4.34 Å². The molecule has 2 saturated heterocycles. The third-order valence-electron chi connectivity index (χ3n) is 4.56. The summed E-state index contributed by atoms with van der Waals surface area (Å²) in [5.41, 5.74) is 1.70. The SMILES string of the molecule is CSc1nc2ccc(NC(=O)[C@H]3CS[C@@]4(C)CCC(=O)N34)cc2s1. The maximum Gasteiger partial charge on any atom is 0.248 e. The first-order chi connectivity index (χ1) is 11.5. The molecule has 0 radical (unpaired) electrons. The second kappa shape index (κ2) is 5.93. The number of carbonyl (C=O) groups is 2. The first kappa shape index (κ1) is 16.2. The third-order valence-corrected chi connectivity index (χ3v) is 8.07. The maximum absolute atomic E-state index is 12.7. The van der Waals surface area contributed by atoms with Gasteiger partial charge in [-0.05, 0) is 37.8 Å². The lowest BCUT2D eigenvalue weighted by molar-refractivity contribution is -0.135. The number of fused-ring (bicyclic) bond motifs is 2. The molecule has 4 rings (SSSR count). The Morgan fingerprint density at radius 1 is 1.50 bits per heavy atom. The molecule has 0 spiro atoms. The summed E-state index contributed by atoms with van der Waals surface area (Å²) in [6, 6.07) is 5.37. The van der Waals surface area contributed by atoms with E-state index >= 15 is 0 Å². The van der Waals surface area contributed by atoms with E-state index in [1.54, 1.807) is 39.8 Å². The number of anilines is 1. The van der Waals surface area contributed by atoms with Gasteiger partial charge in [0, 0.05) is 17.9 Å². The molecule has 0 saturated carbocycles. The molecule has 5 nitrogen and oxygen atoms in total. The monoisotopic (exact) mass is 379 g/mol. The molecule has 8 heteroatoms. The summed E-state index contributed by atoms with van der Waals surface area (Å²) in [5, 5.41) is 2.98. The number of nitrogens with one attached hydrogen (secondary N) is 1. The Labute approximate surface area is 152 Å². The zero-order chi connectivity index (χ0) is 16.9. The summed E-state index contributed by atoms with van der Waals surface area (Å²) in [6.07, 6.45) is 3.37. The Morgan fingerprint density at radius 2 is 2.33 bits per heavy atom. The van der Waals surface area contributed by atoms with Crippen molar-refractivity contribution in [1.29, 1.82) is 0 Å². The summed E-state index contributed by atoms with van der Waals surface area (Å²) < 4.78 is 2.07. The molecule has 3 heterocycles. The number of thiazole rings is 1. The average molecular weight is 380 g/mol. The zero-order valence-electron chi connectivity index (χ0n) is 13.4. The first-order valence-electron chi connectivity index (χ1n) is 7.72. The minimum absolute atomic E-state index is 0.0881. The lowest BCUT2D eigenvalue weighted by Gasteiger charge is -2.29. The van der Waals surface area contributed by atoms with Crippen LogP contribution in [0.4, 0.5) is 5.69 Å². The van der Waals surface area contributed by atoms with Crippen LogP contribution in [0.25, 0.3) is 10.2 Å². The van der Waals surface area contributed by atoms with Gasteiger partial charge in [-0.25, -0.2) is 4.98 Å². The molecular weight excluding hydrogens is 362 g/mol. The number of amides is 2. The zero-order valence-corrected chi connectivity index (χ0v) is 15.8. The van der Waals surface area contributed by atoms with Crippen molar-refractivity contribution < 1.29 is 9.59 Å². The Bertz CT molecular complexity index is 837. The quantitative estimate of drug-likeness (QED) is 0.828. The van der Waals surface area contributed by atoms with Gasteiger partial charge in [0.2, 0.25) is 11.8 Å². The number of hydrogen-bond acceptors (Lipinski definition) is 6. The van der Waals surface area contributed by atoms with Crippen molar-refractivity contribution in [3.8, 4) is 0 Å². The highest BCUT2D eigenvalue weighted by molar-refractivity contribution is 8.01. The summed E-state index contributed by atoms with van der Waals surface area (Å²) in [7, 11) is 0. The number of benzene rings is 1. The van der Waals surface area contributed by atoms with Gasteiger partial charge >= 0.3 is 0 Å². The predicted octanol–water partition coefficient (Wildman–Crippen LogP) is 3.41. The Hall–Kier alpha value is -1.25. The fourth-order valence-electron chi connectivity index (χ4n) is 3.31. The van der Waals surface area contributed by atoms with Gasteiger partial charge in [-0.3, -0.25) is 9.59 Å². The molecule has 2 amide bonds. The fraction of sp³-hybridized carbons (Fsp3) is 0.438. The number of thioether (sulfide) groups is 2. The molecule has 2 aliphatic heterocycles. The third kappa shape index (κ3) is 2.60. The minimum Gasteiger partial charge on any atom is -0.324 e. The van der Waals surface area contributed by atoms with Crippen molar-refractivity contribution in [3.63, 3.8) is 0 Å². The summed E-state index contributed by atoms with van der Waals surface area (Å²) >= 11 is 4.94. The molecule has 2 atom stereocenters. The van der Waals surface area contributed by atoms with E-state index in [0.717, 1.165) is 26.7 Å². The Balaban J connectivity index is 1.55. The molecule has 126 valence electrons. The van der Waals surface area contributed by atoms with Crippen LogP contribution in [0.5, 0.6) is 0 Å². The number of hydrogen-bond donors (Lipinski definition) is 1. The van der Waals surface area contributed by atoms with Crippen molar-refractivity contribution in [2.45, 2.75) is 35.0 Å². The second-order valence-electron chi connectivity index (χ2n) is 6.12. The second-order valence-corrected chi connectivity index (χ2v) is 9.71. The summed E-state index contributed by atoms with van der Waals surface area (Å²) in [6.45, 7) is 2.06. The summed E-state index contributed by atoms with van der Waals surface area (Å²) in [4.78, 5) is 30.9. The number of rotatable bonds is 3. The topological polar surface area (TPSA) is 62.3 Å². The van der Waals surface area contributed by atoms with E-state index < -0.39 is 0 Å². The van der Waals surface area contributed by atoms with E-state index in [0.29, 0.717) is 12.2 Å². The van der Waals surface area contributed by atoms with Crippen LogP contribution in [0.1, 0.15) is 19.8 Å². The average Bonchev–Trinajstić information content (AvgIpc) is 3.20. The van der Waals surface area contributed by atoms with Crippen LogP contribution < -0.4 is 5.32 Å². The normalized spacial score (nSPS) is 26.2. The van der Waals surface area contributed by atoms with Gasteiger partial charge < -0.3 is 10.2 Å². The molecule has 0 bridgehead atoms. The van der Waals surface area contributed by atoms with Gasteiger partial charge in [0.25, 0.3) is 0 Å². The molecular formula is C16H17N3O2S3. The van der Waals surface area contributed by atoms with Gasteiger partial charge in [-0.15, -0.1) is 23.1 Å². The predicted molar refractivity (Wildman–Crippen MR) is 101 cm³/mol. The van der Waals surface area contributed by atoms with Crippen molar-refractivity contribution in [2.24, 2.45) is 0 Å². The van der Waals surface area contributed by atoms with Crippen LogP contribution in [0.2, 0.25) is 0 Å².